The van der Waals surface area contributed by atoms with Gasteiger partial charge in [0, 0.05) is 32.7 Å². The van der Waals surface area contributed by atoms with Crippen molar-refractivity contribution in [2.75, 3.05) is 53.9 Å². The number of nitrogens with one attached hydrogen (secondary N) is 2. The molecule has 1 aromatic rings. The summed E-state index contributed by atoms with van der Waals surface area (Å²) in [5.41, 5.74) is 1.32. The number of hydrogen-bond acceptors (Lipinski definition) is 4. The number of rotatable bonds is 9. The standard InChI is InChI=1S/C21H37N5O.HI/c1-17(2)25(4)15-12-23-21(22-3)24-16-20(26-13-6-7-14-26)18-8-10-19(27-5)11-9-18;/h8-11,17,20H,6-7,12-16H2,1-5H3,(H2,22,23,24);1H. The highest BCUT2D eigenvalue weighted by molar-refractivity contribution is 14.0. The first-order valence-corrected chi connectivity index (χ1v) is 10.1. The Bertz CT molecular complexity index is 573. The molecule has 0 saturated carbocycles. The zero-order chi connectivity index (χ0) is 19.6. The number of halogens is 1. The lowest BCUT2D eigenvalue weighted by atomic mass is 10.1. The summed E-state index contributed by atoms with van der Waals surface area (Å²) >= 11 is 0. The van der Waals surface area contributed by atoms with E-state index in [2.05, 4.69) is 58.5 Å². The second-order valence-electron chi connectivity index (χ2n) is 7.49. The van der Waals surface area contributed by atoms with Gasteiger partial charge in [-0.1, -0.05) is 12.1 Å². The van der Waals surface area contributed by atoms with Gasteiger partial charge in [-0.15, -0.1) is 24.0 Å². The van der Waals surface area contributed by atoms with Crippen molar-refractivity contribution in [3.05, 3.63) is 29.8 Å². The zero-order valence-corrected chi connectivity index (χ0v) is 20.4. The van der Waals surface area contributed by atoms with Crippen LogP contribution in [0.5, 0.6) is 5.75 Å². The lowest BCUT2D eigenvalue weighted by Crippen LogP contribution is -2.45. The molecule has 1 heterocycles. The van der Waals surface area contributed by atoms with Crippen LogP contribution in [0.1, 0.15) is 38.3 Å². The molecular formula is C21H38IN5O. The number of ether oxygens (including phenoxy) is 1. The maximum Gasteiger partial charge on any atom is 0.191 e. The Kier molecular flexibility index (Phi) is 11.8. The maximum atomic E-state index is 5.31. The second-order valence-corrected chi connectivity index (χ2v) is 7.49. The number of guanidine groups is 1. The molecule has 0 aromatic heterocycles. The van der Waals surface area contributed by atoms with Gasteiger partial charge in [0.05, 0.1) is 13.2 Å². The first-order valence-electron chi connectivity index (χ1n) is 10.1. The zero-order valence-electron chi connectivity index (χ0n) is 18.1. The smallest absolute Gasteiger partial charge is 0.191 e. The summed E-state index contributed by atoms with van der Waals surface area (Å²) in [4.78, 5) is 9.27. The van der Waals surface area contributed by atoms with Crippen molar-refractivity contribution in [2.45, 2.75) is 38.8 Å². The molecule has 0 aliphatic carbocycles. The molecule has 6 nitrogen and oxygen atoms in total. The van der Waals surface area contributed by atoms with E-state index < -0.39 is 0 Å². The van der Waals surface area contributed by atoms with Crippen LogP contribution in [0, 0.1) is 0 Å². The van der Waals surface area contributed by atoms with Crippen molar-refractivity contribution < 1.29 is 4.74 Å². The van der Waals surface area contributed by atoms with Gasteiger partial charge >= 0.3 is 0 Å². The summed E-state index contributed by atoms with van der Waals surface area (Å²) in [7, 11) is 5.69. The summed E-state index contributed by atoms with van der Waals surface area (Å²) in [6, 6.07) is 9.35. The minimum atomic E-state index is 0. The van der Waals surface area contributed by atoms with E-state index in [1.807, 2.05) is 19.2 Å². The number of aliphatic imine (C=N–C) groups is 1. The number of nitrogens with zero attached hydrogens (tertiary/aromatic N) is 3. The molecule has 1 unspecified atom stereocenters. The Balaban J connectivity index is 0.00000392. The van der Waals surface area contributed by atoms with E-state index in [0.717, 1.165) is 44.4 Å². The topological polar surface area (TPSA) is 52.1 Å². The molecular weight excluding hydrogens is 465 g/mol. The maximum absolute atomic E-state index is 5.31. The Morgan fingerprint density at radius 2 is 1.82 bits per heavy atom. The van der Waals surface area contributed by atoms with Crippen LogP contribution in [-0.4, -0.2) is 75.7 Å². The van der Waals surface area contributed by atoms with E-state index in [-0.39, 0.29) is 24.0 Å². The minimum Gasteiger partial charge on any atom is -0.497 e. The number of methoxy groups -OCH3 is 1. The Morgan fingerprint density at radius 1 is 1.18 bits per heavy atom. The summed E-state index contributed by atoms with van der Waals surface area (Å²) < 4.78 is 5.31. The normalized spacial score (nSPS) is 16.2. The van der Waals surface area contributed by atoms with Crippen molar-refractivity contribution >= 4 is 29.9 Å². The third-order valence-corrected chi connectivity index (χ3v) is 5.41. The molecule has 160 valence electrons. The molecule has 0 bridgehead atoms. The fraction of sp³-hybridized carbons (Fsp3) is 0.667. The molecule has 0 radical (unpaired) electrons. The van der Waals surface area contributed by atoms with E-state index in [1.165, 1.54) is 18.4 Å². The van der Waals surface area contributed by atoms with Gasteiger partial charge in [-0.05, 0) is 64.5 Å². The Labute approximate surface area is 188 Å². The number of likely N-dealkylation sites (tertiary alicyclic amines) is 1. The first kappa shape index (κ1) is 25.0. The quantitative estimate of drug-likeness (QED) is 0.309. The molecule has 0 spiro atoms. The van der Waals surface area contributed by atoms with Gasteiger partial charge in [0.15, 0.2) is 5.96 Å². The average Bonchev–Trinajstić information content (AvgIpc) is 3.21. The summed E-state index contributed by atoms with van der Waals surface area (Å²) in [5.74, 6) is 1.77. The molecule has 1 fully saturated rings. The van der Waals surface area contributed by atoms with E-state index in [0.29, 0.717) is 12.1 Å². The Hall–Kier alpha value is -1.06. The monoisotopic (exact) mass is 503 g/mol. The molecule has 1 atom stereocenters. The summed E-state index contributed by atoms with van der Waals surface area (Å²) in [6.07, 6.45) is 2.56. The third kappa shape index (κ3) is 7.75. The van der Waals surface area contributed by atoms with Crippen LogP contribution in [-0.2, 0) is 0 Å². The largest absolute Gasteiger partial charge is 0.497 e. The van der Waals surface area contributed by atoms with Gasteiger partial charge in [-0.2, -0.15) is 0 Å². The molecule has 1 aromatic carbocycles. The van der Waals surface area contributed by atoms with Crippen LogP contribution in [0.15, 0.2) is 29.3 Å². The van der Waals surface area contributed by atoms with Crippen molar-refractivity contribution in [2.24, 2.45) is 4.99 Å². The van der Waals surface area contributed by atoms with Gasteiger partial charge in [-0.3, -0.25) is 9.89 Å². The predicted octanol–water partition coefficient (Wildman–Crippen LogP) is 2.96. The van der Waals surface area contributed by atoms with Gasteiger partial charge in [0.1, 0.15) is 5.75 Å². The predicted molar refractivity (Wildman–Crippen MR) is 129 cm³/mol. The lowest BCUT2D eigenvalue weighted by molar-refractivity contribution is 0.245. The van der Waals surface area contributed by atoms with Crippen molar-refractivity contribution in [1.82, 2.24) is 20.4 Å². The molecule has 1 aliphatic heterocycles. The number of hydrogen-bond donors (Lipinski definition) is 2. The van der Waals surface area contributed by atoms with Crippen LogP contribution < -0.4 is 15.4 Å². The average molecular weight is 503 g/mol. The third-order valence-electron chi connectivity index (χ3n) is 5.41. The van der Waals surface area contributed by atoms with Gasteiger partial charge in [0.2, 0.25) is 0 Å². The summed E-state index contributed by atoms with van der Waals surface area (Å²) in [6.45, 7) is 9.45. The van der Waals surface area contributed by atoms with E-state index in [1.54, 1.807) is 7.11 Å². The fourth-order valence-corrected chi connectivity index (χ4v) is 3.36. The minimum absolute atomic E-state index is 0. The second kappa shape index (κ2) is 13.2. The summed E-state index contributed by atoms with van der Waals surface area (Å²) in [5, 5.41) is 6.95. The van der Waals surface area contributed by atoms with Crippen LogP contribution in [0.25, 0.3) is 0 Å². The molecule has 1 saturated heterocycles. The number of benzene rings is 1. The fourth-order valence-electron chi connectivity index (χ4n) is 3.36. The van der Waals surface area contributed by atoms with Crippen molar-refractivity contribution in [3.63, 3.8) is 0 Å². The van der Waals surface area contributed by atoms with E-state index >= 15 is 0 Å². The Morgan fingerprint density at radius 3 is 2.36 bits per heavy atom. The molecule has 1 aliphatic rings. The van der Waals surface area contributed by atoms with E-state index in [4.69, 9.17) is 4.74 Å². The van der Waals surface area contributed by atoms with Crippen LogP contribution in [0.4, 0.5) is 0 Å². The lowest BCUT2D eigenvalue weighted by Gasteiger charge is -2.29. The van der Waals surface area contributed by atoms with Crippen LogP contribution in [0.3, 0.4) is 0 Å². The number of likely N-dealkylation sites (N-methyl/N-ethyl adjacent to an activating group) is 1. The van der Waals surface area contributed by atoms with Crippen LogP contribution >= 0.6 is 24.0 Å². The highest BCUT2D eigenvalue weighted by atomic mass is 127. The SMILES string of the molecule is CN=C(NCCN(C)C(C)C)NCC(c1ccc(OC)cc1)N1CCCC1.I. The molecule has 28 heavy (non-hydrogen) atoms. The van der Waals surface area contributed by atoms with Gasteiger partial charge in [-0.25, -0.2) is 0 Å². The van der Waals surface area contributed by atoms with Crippen molar-refractivity contribution in [3.8, 4) is 5.75 Å². The molecule has 0 amide bonds. The van der Waals surface area contributed by atoms with Crippen molar-refractivity contribution in [1.29, 1.82) is 0 Å². The van der Waals surface area contributed by atoms with Gasteiger partial charge < -0.3 is 20.3 Å². The molecule has 7 heteroatoms. The highest BCUT2D eigenvalue weighted by Gasteiger charge is 2.23. The van der Waals surface area contributed by atoms with Crippen LogP contribution in [0.2, 0.25) is 0 Å². The molecule has 2 N–H and O–H groups in total. The van der Waals surface area contributed by atoms with Gasteiger partial charge in [0.25, 0.3) is 0 Å². The first-order chi connectivity index (χ1) is 13.0. The van der Waals surface area contributed by atoms with E-state index in [9.17, 15) is 0 Å². The highest BCUT2D eigenvalue weighted by Crippen LogP contribution is 2.26. The molecule has 2 rings (SSSR count).